The number of benzene rings is 1. The molecular weight excluding hydrogens is 367 g/mol. The highest BCUT2D eigenvalue weighted by Gasteiger charge is 2.25. The van der Waals surface area contributed by atoms with Crippen molar-refractivity contribution in [2.24, 2.45) is 5.73 Å². The fourth-order valence-corrected chi connectivity index (χ4v) is 4.20. The van der Waals surface area contributed by atoms with Crippen LogP contribution in [-0.4, -0.2) is 43.6 Å². The number of nitrogens with zero attached hydrogens (tertiary/aromatic N) is 5. The maximum atomic E-state index is 13.7. The monoisotopic (exact) mass is 390 g/mol. The van der Waals surface area contributed by atoms with Crippen LogP contribution >= 0.6 is 0 Å². The second kappa shape index (κ2) is 6.86. The number of rotatable bonds is 3. The molecule has 0 radical (unpaired) electrons. The molecule has 2 N–H and O–H groups in total. The molecule has 2 atom stereocenters. The molecule has 5 rings (SSSR count). The van der Waals surface area contributed by atoms with E-state index in [0.29, 0.717) is 11.5 Å². The van der Waals surface area contributed by atoms with Crippen LogP contribution in [0.2, 0.25) is 0 Å². The lowest BCUT2D eigenvalue weighted by molar-refractivity contribution is 0.259. The van der Waals surface area contributed by atoms with E-state index in [1.807, 2.05) is 29.5 Å². The van der Waals surface area contributed by atoms with Crippen molar-refractivity contribution in [3.63, 3.8) is 0 Å². The zero-order valence-electron chi connectivity index (χ0n) is 16.5. The second-order valence-electron chi connectivity index (χ2n) is 7.92. The van der Waals surface area contributed by atoms with Crippen LogP contribution in [0.25, 0.3) is 28.1 Å². The SMILES string of the molecule is Cc1cc(F)cc2ccc(-c3nnc4ccc([C@H](C)N5CC[C@H](N)C5)cn34)nc12. The molecule has 1 fully saturated rings. The first-order valence-electron chi connectivity index (χ1n) is 9.91. The van der Waals surface area contributed by atoms with Crippen LogP contribution in [0, 0.1) is 12.7 Å². The third-order valence-electron chi connectivity index (χ3n) is 5.89. The van der Waals surface area contributed by atoms with Crippen molar-refractivity contribution in [3.05, 3.63) is 59.5 Å². The van der Waals surface area contributed by atoms with Crippen LogP contribution in [-0.2, 0) is 0 Å². The molecule has 1 aliphatic heterocycles. The summed E-state index contributed by atoms with van der Waals surface area (Å²) in [5.74, 6) is 0.426. The van der Waals surface area contributed by atoms with Crippen LogP contribution in [0.5, 0.6) is 0 Å². The van der Waals surface area contributed by atoms with Gasteiger partial charge < -0.3 is 5.73 Å². The molecule has 148 valence electrons. The highest BCUT2D eigenvalue weighted by Crippen LogP contribution is 2.27. The molecule has 7 heteroatoms. The van der Waals surface area contributed by atoms with E-state index in [9.17, 15) is 4.39 Å². The first-order valence-corrected chi connectivity index (χ1v) is 9.91. The molecule has 29 heavy (non-hydrogen) atoms. The molecule has 4 aromatic rings. The van der Waals surface area contributed by atoms with Gasteiger partial charge in [0.25, 0.3) is 0 Å². The van der Waals surface area contributed by atoms with Gasteiger partial charge in [0.05, 0.1) is 5.52 Å². The number of aromatic nitrogens is 4. The average Bonchev–Trinajstić information content (AvgIpc) is 3.33. The van der Waals surface area contributed by atoms with Gasteiger partial charge in [-0.3, -0.25) is 9.30 Å². The summed E-state index contributed by atoms with van der Waals surface area (Å²) in [6, 6.07) is 11.4. The molecule has 0 amide bonds. The number of nitrogens with two attached hydrogens (primary N) is 1. The summed E-state index contributed by atoms with van der Waals surface area (Å²) in [7, 11) is 0. The summed E-state index contributed by atoms with van der Waals surface area (Å²) in [4.78, 5) is 7.16. The lowest BCUT2D eigenvalue weighted by atomic mass is 10.1. The Kier molecular flexibility index (Phi) is 4.29. The molecule has 4 heterocycles. The third kappa shape index (κ3) is 3.16. The Balaban J connectivity index is 1.58. The van der Waals surface area contributed by atoms with Crippen LogP contribution in [0.4, 0.5) is 4.39 Å². The quantitative estimate of drug-likeness (QED) is 0.580. The van der Waals surface area contributed by atoms with E-state index in [0.717, 1.165) is 41.6 Å². The zero-order chi connectivity index (χ0) is 20.1. The molecule has 0 spiro atoms. The Labute approximate surface area is 168 Å². The van der Waals surface area contributed by atoms with Crippen LogP contribution in [0.3, 0.4) is 0 Å². The van der Waals surface area contributed by atoms with E-state index >= 15 is 0 Å². The van der Waals surface area contributed by atoms with E-state index in [1.165, 1.54) is 17.7 Å². The number of fused-ring (bicyclic) bond motifs is 2. The van der Waals surface area contributed by atoms with Gasteiger partial charge in [-0.05, 0) is 55.7 Å². The molecule has 0 saturated carbocycles. The van der Waals surface area contributed by atoms with Crippen molar-refractivity contribution >= 4 is 16.6 Å². The first kappa shape index (κ1) is 18.1. The van der Waals surface area contributed by atoms with E-state index in [2.05, 4.69) is 34.3 Å². The van der Waals surface area contributed by atoms with E-state index in [1.54, 1.807) is 0 Å². The van der Waals surface area contributed by atoms with Crippen molar-refractivity contribution in [2.75, 3.05) is 13.1 Å². The molecular formula is C22H23FN6. The fraction of sp³-hybridized carbons (Fsp3) is 0.318. The highest BCUT2D eigenvalue weighted by atomic mass is 19.1. The smallest absolute Gasteiger partial charge is 0.187 e. The van der Waals surface area contributed by atoms with Gasteiger partial charge in [0.1, 0.15) is 11.5 Å². The van der Waals surface area contributed by atoms with E-state index in [4.69, 9.17) is 10.7 Å². The van der Waals surface area contributed by atoms with Gasteiger partial charge >= 0.3 is 0 Å². The normalized spacial score (nSPS) is 18.7. The topological polar surface area (TPSA) is 72.3 Å². The van der Waals surface area contributed by atoms with Crippen molar-refractivity contribution in [1.29, 1.82) is 0 Å². The average molecular weight is 390 g/mol. The lowest BCUT2D eigenvalue weighted by Crippen LogP contribution is -2.28. The first-order chi connectivity index (χ1) is 14.0. The Morgan fingerprint density at radius 3 is 2.83 bits per heavy atom. The predicted octanol–water partition coefficient (Wildman–Crippen LogP) is 3.49. The minimum Gasteiger partial charge on any atom is -0.326 e. The molecule has 0 unspecified atom stereocenters. The molecule has 1 aromatic carbocycles. The number of likely N-dealkylation sites (tertiary alicyclic amines) is 1. The summed E-state index contributed by atoms with van der Waals surface area (Å²) < 4.78 is 15.7. The summed E-state index contributed by atoms with van der Waals surface area (Å²) in [6.45, 7) is 5.99. The largest absolute Gasteiger partial charge is 0.326 e. The Morgan fingerprint density at radius 1 is 1.17 bits per heavy atom. The standard InChI is InChI=1S/C22H23FN6/c1-13-9-17(23)10-15-3-5-19(25-21(13)15)22-27-26-20-6-4-16(11-29(20)22)14(2)28-8-7-18(24)12-28/h3-6,9-11,14,18H,7-8,12,24H2,1-2H3/t14-,18-/m0/s1. The van der Waals surface area contributed by atoms with Gasteiger partial charge in [0.15, 0.2) is 11.5 Å². The number of pyridine rings is 2. The van der Waals surface area contributed by atoms with Crippen LogP contribution in [0.15, 0.2) is 42.6 Å². The van der Waals surface area contributed by atoms with Gasteiger partial charge in [-0.25, -0.2) is 9.37 Å². The van der Waals surface area contributed by atoms with Crippen LogP contribution in [0.1, 0.15) is 30.5 Å². The zero-order valence-corrected chi connectivity index (χ0v) is 16.5. The number of hydrogen-bond acceptors (Lipinski definition) is 5. The Morgan fingerprint density at radius 2 is 2.03 bits per heavy atom. The summed E-state index contributed by atoms with van der Waals surface area (Å²) in [5.41, 5.74) is 10.3. The van der Waals surface area contributed by atoms with Crippen LogP contribution < -0.4 is 5.73 Å². The second-order valence-corrected chi connectivity index (χ2v) is 7.92. The molecule has 3 aromatic heterocycles. The predicted molar refractivity (Wildman–Crippen MR) is 111 cm³/mol. The van der Waals surface area contributed by atoms with Crippen molar-refractivity contribution in [3.8, 4) is 11.5 Å². The van der Waals surface area contributed by atoms with Gasteiger partial charge in [0, 0.05) is 36.8 Å². The molecule has 6 nitrogen and oxygen atoms in total. The summed E-state index contributed by atoms with van der Waals surface area (Å²) >= 11 is 0. The van der Waals surface area contributed by atoms with E-state index < -0.39 is 0 Å². The van der Waals surface area contributed by atoms with Gasteiger partial charge in [-0.2, -0.15) is 0 Å². The lowest BCUT2D eigenvalue weighted by Gasteiger charge is -2.24. The number of aryl methyl sites for hydroxylation is 1. The summed E-state index contributed by atoms with van der Waals surface area (Å²) in [6.07, 6.45) is 3.12. The van der Waals surface area contributed by atoms with Gasteiger partial charge in [-0.15, -0.1) is 10.2 Å². The minimum absolute atomic E-state index is 0.251. The molecule has 1 aliphatic rings. The number of halogens is 1. The maximum absolute atomic E-state index is 13.7. The number of hydrogen-bond donors (Lipinski definition) is 1. The Hall–Kier alpha value is -2.90. The van der Waals surface area contributed by atoms with E-state index in [-0.39, 0.29) is 17.9 Å². The molecule has 0 bridgehead atoms. The van der Waals surface area contributed by atoms with Crippen molar-refractivity contribution in [1.82, 2.24) is 24.5 Å². The maximum Gasteiger partial charge on any atom is 0.187 e. The Bertz CT molecular complexity index is 1220. The highest BCUT2D eigenvalue weighted by molar-refractivity contribution is 5.83. The van der Waals surface area contributed by atoms with Crippen molar-refractivity contribution in [2.45, 2.75) is 32.4 Å². The molecule has 1 saturated heterocycles. The fourth-order valence-electron chi connectivity index (χ4n) is 4.20. The van der Waals surface area contributed by atoms with Gasteiger partial charge in [0.2, 0.25) is 0 Å². The third-order valence-corrected chi connectivity index (χ3v) is 5.89. The van der Waals surface area contributed by atoms with Crippen molar-refractivity contribution < 1.29 is 4.39 Å². The van der Waals surface area contributed by atoms with Gasteiger partial charge in [-0.1, -0.05) is 12.1 Å². The minimum atomic E-state index is -0.252. The summed E-state index contributed by atoms with van der Waals surface area (Å²) in [5, 5.41) is 9.45. The molecule has 0 aliphatic carbocycles.